The smallest absolute Gasteiger partial charge is 0.322 e. The Morgan fingerprint density at radius 1 is 1.61 bits per heavy atom. The highest BCUT2D eigenvalue weighted by Crippen LogP contribution is 2.21. The summed E-state index contributed by atoms with van der Waals surface area (Å²) in [5.74, 6) is -0.778. The van der Waals surface area contributed by atoms with Crippen molar-refractivity contribution in [3.05, 3.63) is 30.1 Å². The Kier molecular flexibility index (Phi) is 5.53. The lowest BCUT2D eigenvalue weighted by atomic mass is 10.1. The third-order valence-corrected chi connectivity index (χ3v) is 3.18. The summed E-state index contributed by atoms with van der Waals surface area (Å²) < 4.78 is 0. The molecule has 0 bridgehead atoms. The van der Waals surface area contributed by atoms with Crippen molar-refractivity contribution in [2.75, 3.05) is 19.6 Å². The number of carboxylic acids is 1. The standard InChI is InChI=1S/C12H17N3O2.ClH/c1-9(10-4-2-3-5-14-10)15-7-6-13-8-11(15)12(16)17;/h2-5,9,11,13H,6-8H2,1H3,(H,16,17);1H. The monoisotopic (exact) mass is 271 g/mol. The maximum Gasteiger partial charge on any atom is 0.322 e. The Labute approximate surface area is 113 Å². The zero-order valence-corrected chi connectivity index (χ0v) is 11.1. The number of hydrogen-bond donors (Lipinski definition) is 2. The molecule has 2 atom stereocenters. The van der Waals surface area contributed by atoms with Crippen LogP contribution >= 0.6 is 12.4 Å². The highest BCUT2D eigenvalue weighted by atomic mass is 35.5. The molecule has 0 amide bonds. The molecular formula is C12H18ClN3O2. The van der Waals surface area contributed by atoms with Crippen LogP contribution in [0.5, 0.6) is 0 Å². The maximum absolute atomic E-state index is 11.2. The first-order chi connectivity index (χ1) is 8.20. The molecule has 0 spiro atoms. The number of hydrogen-bond acceptors (Lipinski definition) is 4. The van der Waals surface area contributed by atoms with Crippen molar-refractivity contribution in [1.82, 2.24) is 15.2 Å². The van der Waals surface area contributed by atoms with E-state index in [0.29, 0.717) is 6.54 Å². The van der Waals surface area contributed by atoms with Crippen molar-refractivity contribution < 1.29 is 9.90 Å². The number of pyridine rings is 1. The van der Waals surface area contributed by atoms with Gasteiger partial charge in [0.2, 0.25) is 0 Å². The minimum atomic E-state index is -0.778. The molecular weight excluding hydrogens is 254 g/mol. The number of aliphatic carboxylic acids is 1. The average Bonchev–Trinajstić information content (AvgIpc) is 2.39. The molecule has 5 nitrogen and oxygen atoms in total. The second-order valence-corrected chi connectivity index (χ2v) is 4.23. The minimum Gasteiger partial charge on any atom is -0.480 e. The molecule has 100 valence electrons. The first-order valence-corrected chi connectivity index (χ1v) is 5.80. The lowest BCUT2D eigenvalue weighted by Gasteiger charge is -2.37. The van der Waals surface area contributed by atoms with E-state index < -0.39 is 12.0 Å². The summed E-state index contributed by atoms with van der Waals surface area (Å²) in [6, 6.07) is 5.28. The molecule has 2 unspecified atom stereocenters. The van der Waals surface area contributed by atoms with Crippen LogP contribution in [0.15, 0.2) is 24.4 Å². The summed E-state index contributed by atoms with van der Waals surface area (Å²) in [6.45, 7) is 4.05. The van der Waals surface area contributed by atoms with Gasteiger partial charge in [0, 0.05) is 25.8 Å². The molecule has 1 saturated heterocycles. The number of carbonyl (C=O) groups is 1. The van der Waals surface area contributed by atoms with Crippen molar-refractivity contribution in [2.45, 2.75) is 19.0 Å². The van der Waals surface area contributed by atoms with E-state index in [1.54, 1.807) is 6.20 Å². The number of carboxylic acid groups (broad SMARTS) is 1. The number of piperazine rings is 1. The number of rotatable bonds is 3. The van der Waals surface area contributed by atoms with Crippen LogP contribution in [0, 0.1) is 0 Å². The van der Waals surface area contributed by atoms with Crippen LogP contribution in [0.4, 0.5) is 0 Å². The molecule has 1 fully saturated rings. The lowest BCUT2D eigenvalue weighted by molar-refractivity contribution is -0.145. The molecule has 1 aliphatic heterocycles. The Balaban J connectivity index is 0.00000162. The molecule has 0 aromatic carbocycles. The largest absolute Gasteiger partial charge is 0.480 e. The normalized spacial score (nSPS) is 21.9. The summed E-state index contributed by atoms with van der Waals surface area (Å²) >= 11 is 0. The van der Waals surface area contributed by atoms with Gasteiger partial charge in [-0.3, -0.25) is 14.7 Å². The van der Waals surface area contributed by atoms with Gasteiger partial charge in [-0.15, -0.1) is 12.4 Å². The van der Waals surface area contributed by atoms with E-state index in [4.69, 9.17) is 0 Å². The highest BCUT2D eigenvalue weighted by Gasteiger charge is 2.32. The first-order valence-electron chi connectivity index (χ1n) is 5.80. The summed E-state index contributed by atoms with van der Waals surface area (Å²) in [7, 11) is 0. The molecule has 1 aromatic rings. The molecule has 6 heteroatoms. The zero-order valence-electron chi connectivity index (χ0n) is 10.2. The molecule has 0 saturated carbocycles. The van der Waals surface area contributed by atoms with Crippen molar-refractivity contribution in [1.29, 1.82) is 0 Å². The molecule has 18 heavy (non-hydrogen) atoms. The molecule has 1 aromatic heterocycles. The Bertz CT molecular complexity index is 388. The van der Waals surface area contributed by atoms with Crippen molar-refractivity contribution >= 4 is 18.4 Å². The fourth-order valence-corrected chi connectivity index (χ4v) is 2.21. The van der Waals surface area contributed by atoms with Crippen LogP contribution in [0.1, 0.15) is 18.7 Å². The van der Waals surface area contributed by atoms with Gasteiger partial charge in [-0.05, 0) is 19.1 Å². The summed E-state index contributed by atoms with van der Waals surface area (Å²) in [5, 5.41) is 12.3. The Hall–Kier alpha value is -1.17. The van der Waals surface area contributed by atoms with E-state index in [0.717, 1.165) is 18.8 Å². The third kappa shape index (κ3) is 3.19. The summed E-state index contributed by atoms with van der Waals surface area (Å²) in [5.41, 5.74) is 0.917. The van der Waals surface area contributed by atoms with Gasteiger partial charge in [0.05, 0.1) is 11.7 Å². The van der Waals surface area contributed by atoms with E-state index in [1.807, 2.05) is 30.0 Å². The molecule has 2 rings (SSSR count). The fourth-order valence-electron chi connectivity index (χ4n) is 2.21. The third-order valence-electron chi connectivity index (χ3n) is 3.18. The van der Waals surface area contributed by atoms with E-state index >= 15 is 0 Å². The van der Waals surface area contributed by atoms with Gasteiger partial charge < -0.3 is 10.4 Å². The van der Waals surface area contributed by atoms with Gasteiger partial charge in [0.15, 0.2) is 0 Å². The van der Waals surface area contributed by atoms with Gasteiger partial charge >= 0.3 is 5.97 Å². The van der Waals surface area contributed by atoms with E-state index in [1.165, 1.54) is 0 Å². The summed E-state index contributed by atoms with van der Waals surface area (Å²) in [4.78, 5) is 17.5. The predicted octanol–water partition coefficient (Wildman–Crippen LogP) is 0.923. The molecule has 0 radical (unpaired) electrons. The second kappa shape index (κ2) is 6.68. The van der Waals surface area contributed by atoms with Gasteiger partial charge in [-0.25, -0.2) is 0 Å². The van der Waals surface area contributed by atoms with E-state index in [2.05, 4.69) is 10.3 Å². The van der Waals surface area contributed by atoms with Crippen LogP contribution in [0.25, 0.3) is 0 Å². The minimum absolute atomic E-state index is 0. The van der Waals surface area contributed by atoms with Crippen molar-refractivity contribution in [3.8, 4) is 0 Å². The number of nitrogens with one attached hydrogen (secondary N) is 1. The molecule has 2 heterocycles. The average molecular weight is 272 g/mol. The van der Waals surface area contributed by atoms with Gasteiger partial charge in [-0.1, -0.05) is 6.07 Å². The number of aromatic nitrogens is 1. The van der Waals surface area contributed by atoms with Gasteiger partial charge in [0.25, 0.3) is 0 Å². The molecule has 0 aliphatic carbocycles. The molecule has 1 aliphatic rings. The summed E-state index contributed by atoms with van der Waals surface area (Å²) in [6.07, 6.45) is 1.74. The van der Waals surface area contributed by atoms with Crippen LogP contribution in [-0.4, -0.2) is 46.6 Å². The highest BCUT2D eigenvalue weighted by molar-refractivity contribution is 5.85. The van der Waals surface area contributed by atoms with Crippen molar-refractivity contribution in [2.24, 2.45) is 0 Å². The Morgan fingerprint density at radius 2 is 2.39 bits per heavy atom. The quantitative estimate of drug-likeness (QED) is 0.856. The fraction of sp³-hybridized carbons (Fsp3) is 0.500. The lowest BCUT2D eigenvalue weighted by Crippen LogP contribution is -2.55. The van der Waals surface area contributed by atoms with E-state index in [-0.39, 0.29) is 18.4 Å². The van der Waals surface area contributed by atoms with E-state index in [9.17, 15) is 9.90 Å². The zero-order chi connectivity index (χ0) is 12.3. The predicted molar refractivity (Wildman–Crippen MR) is 70.9 cm³/mol. The van der Waals surface area contributed by atoms with Crippen molar-refractivity contribution in [3.63, 3.8) is 0 Å². The second-order valence-electron chi connectivity index (χ2n) is 4.23. The number of halogens is 1. The first kappa shape index (κ1) is 14.9. The number of nitrogens with zero attached hydrogens (tertiary/aromatic N) is 2. The van der Waals surface area contributed by atoms with Crippen LogP contribution < -0.4 is 5.32 Å². The van der Waals surface area contributed by atoms with Crippen LogP contribution in [-0.2, 0) is 4.79 Å². The Morgan fingerprint density at radius 3 is 3.00 bits per heavy atom. The topological polar surface area (TPSA) is 65.5 Å². The van der Waals surface area contributed by atoms with Gasteiger partial charge in [0.1, 0.15) is 6.04 Å². The maximum atomic E-state index is 11.2. The van der Waals surface area contributed by atoms with Gasteiger partial charge in [-0.2, -0.15) is 0 Å². The van der Waals surface area contributed by atoms with Crippen LogP contribution in [0.2, 0.25) is 0 Å². The SMILES string of the molecule is CC(c1ccccn1)N1CCNCC1C(=O)O.Cl. The van der Waals surface area contributed by atoms with Crippen LogP contribution in [0.3, 0.4) is 0 Å². The molecule has 2 N–H and O–H groups in total.